The first-order valence-corrected chi connectivity index (χ1v) is 8.91. The summed E-state index contributed by atoms with van der Waals surface area (Å²) in [5.74, 6) is 0.521. The van der Waals surface area contributed by atoms with E-state index in [1.165, 1.54) is 0 Å². The molecule has 1 aliphatic rings. The van der Waals surface area contributed by atoms with Gasteiger partial charge in [-0.05, 0) is 43.1 Å². The first-order chi connectivity index (χ1) is 8.88. The monoisotopic (exact) mass is 305 g/mol. The highest BCUT2D eigenvalue weighted by Gasteiger charge is 2.23. The van der Waals surface area contributed by atoms with Gasteiger partial charge in [-0.25, -0.2) is 8.42 Å². The van der Waals surface area contributed by atoms with Crippen LogP contribution in [0.1, 0.15) is 25.7 Å². The van der Waals surface area contributed by atoms with Crippen molar-refractivity contribution in [1.29, 1.82) is 0 Å². The summed E-state index contributed by atoms with van der Waals surface area (Å²) in [5, 5.41) is 13.1. The lowest BCUT2D eigenvalue weighted by Crippen LogP contribution is -2.23. The molecule has 4 N–H and O–H groups in total. The van der Waals surface area contributed by atoms with Crippen molar-refractivity contribution in [2.45, 2.75) is 36.7 Å². The largest absolute Gasteiger partial charge is 0.393 e. The van der Waals surface area contributed by atoms with Crippen LogP contribution in [0.5, 0.6) is 0 Å². The average Bonchev–Trinajstić information content (AvgIpc) is 2.69. The number of anilines is 2. The molecule has 0 aromatic carbocycles. The third-order valence-electron chi connectivity index (χ3n) is 3.41. The van der Waals surface area contributed by atoms with Crippen LogP contribution in [0.25, 0.3) is 0 Å². The van der Waals surface area contributed by atoms with Crippen LogP contribution in [0.15, 0.2) is 4.90 Å². The topological polar surface area (TPSA) is 105 Å². The zero-order valence-electron chi connectivity index (χ0n) is 10.8. The molecule has 1 saturated carbocycles. The van der Waals surface area contributed by atoms with Crippen LogP contribution in [0.2, 0.25) is 0 Å². The van der Waals surface area contributed by atoms with Crippen LogP contribution >= 0.6 is 11.5 Å². The van der Waals surface area contributed by atoms with E-state index in [1.54, 1.807) is 0 Å². The summed E-state index contributed by atoms with van der Waals surface area (Å²) in [7, 11) is -3.36. The summed E-state index contributed by atoms with van der Waals surface area (Å²) in [6, 6.07) is 0. The molecule has 1 fully saturated rings. The molecule has 0 aliphatic heterocycles. The highest BCUT2D eigenvalue weighted by Crippen LogP contribution is 2.32. The van der Waals surface area contributed by atoms with Gasteiger partial charge in [-0.2, -0.15) is 4.37 Å². The SMILES string of the molecule is CS(=O)(=O)c1c(N)nsc1NCC1CCC(O)CC1. The quantitative estimate of drug-likeness (QED) is 0.769. The van der Waals surface area contributed by atoms with Crippen molar-refractivity contribution in [1.82, 2.24) is 4.37 Å². The molecule has 0 radical (unpaired) electrons. The first-order valence-electron chi connectivity index (χ1n) is 6.25. The van der Waals surface area contributed by atoms with Gasteiger partial charge < -0.3 is 16.2 Å². The molecule has 6 nitrogen and oxygen atoms in total. The standard InChI is InChI=1S/C11H19N3O3S2/c1-19(16,17)9-10(12)14-18-11(9)13-6-7-2-4-8(15)5-3-7/h7-8,13,15H,2-6H2,1H3,(H2,12,14). The second-order valence-electron chi connectivity index (χ2n) is 5.05. The third-order valence-corrected chi connectivity index (χ3v) is 5.52. The van der Waals surface area contributed by atoms with E-state index < -0.39 is 9.84 Å². The van der Waals surface area contributed by atoms with Gasteiger partial charge in [0.2, 0.25) is 0 Å². The van der Waals surface area contributed by atoms with E-state index in [0.29, 0.717) is 17.5 Å². The number of nitrogens with two attached hydrogens (primary N) is 1. The minimum absolute atomic E-state index is 0.0640. The normalized spacial score (nSPS) is 24.3. The number of aliphatic hydroxyl groups is 1. The molecule has 0 unspecified atom stereocenters. The first kappa shape index (κ1) is 14.5. The third kappa shape index (κ3) is 3.58. The molecule has 0 saturated heterocycles. The number of aromatic nitrogens is 1. The Kier molecular flexibility index (Phi) is 4.32. The predicted molar refractivity (Wildman–Crippen MR) is 76.1 cm³/mol. The van der Waals surface area contributed by atoms with E-state index in [-0.39, 0.29) is 16.8 Å². The summed E-state index contributed by atoms with van der Waals surface area (Å²) in [4.78, 5) is 0.105. The molecule has 108 valence electrons. The van der Waals surface area contributed by atoms with E-state index in [1.807, 2.05) is 0 Å². The lowest BCUT2D eigenvalue weighted by atomic mass is 9.87. The van der Waals surface area contributed by atoms with Gasteiger partial charge in [-0.3, -0.25) is 0 Å². The van der Waals surface area contributed by atoms with Gasteiger partial charge >= 0.3 is 0 Å². The Hall–Kier alpha value is -0.860. The van der Waals surface area contributed by atoms with Gasteiger partial charge in [0.15, 0.2) is 15.7 Å². The minimum Gasteiger partial charge on any atom is -0.393 e. The van der Waals surface area contributed by atoms with E-state index in [9.17, 15) is 13.5 Å². The van der Waals surface area contributed by atoms with Crippen molar-refractivity contribution in [3.63, 3.8) is 0 Å². The number of hydrogen-bond donors (Lipinski definition) is 3. The van der Waals surface area contributed by atoms with E-state index in [0.717, 1.165) is 43.5 Å². The Morgan fingerprint density at radius 1 is 1.42 bits per heavy atom. The van der Waals surface area contributed by atoms with E-state index in [4.69, 9.17) is 5.73 Å². The Morgan fingerprint density at radius 3 is 2.63 bits per heavy atom. The Morgan fingerprint density at radius 2 is 2.05 bits per heavy atom. The van der Waals surface area contributed by atoms with E-state index >= 15 is 0 Å². The maximum absolute atomic E-state index is 11.6. The van der Waals surface area contributed by atoms with Crippen molar-refractivity contribution >= 4 is 32.2 Å². The van der Waals surface area contributed by atoms with Gasteiger partial charge in [-0.15, -0.1) is 0 Å². The Labute approximate surface area is 117 Å². The molecule has 1 aromatic heterocycles. The van der Waals surface area contributed by atoms with Crippen LogP contribution in [0, 0.1) is 5.92 Å². The van der Waals surface area contributed by atoms with Gasteiger partial charge in [-0.1, -0.05) is 0 Å². The molecule has 0 bridgehead atoms. The molecule has 0 amide bonds. The molecule has 0 spiro atoms. The summed E-state index contributed by atoms with van der Waals surface area (Å²) in [5.41, 5.74) is 5.60. The number of sulfone groups is 1. The Bertz CT molecular complexity index is 533. The van der Waals surface area contributed by atoms with Crippen LogP contribution in [0.3, 0.4) is 0 Å². The van der Waals surface area contributed by atoms with Crippen LogP contribution < -0.4 is 11.1 Å². The zero-order valence-corrected chi connectivity index (χ0v) is 12.4. The smallest absolute Gasteiger partial charge is 0.182 e. The summed E-state index contributed by atoms with van der Waals surface area (Å²) in [6.07, 6.45) is 4.50. The van der Waals surface area contributed by atoms with Crippen molar-refractivity contribution in [3.8, 4) is 0 Å². The van der Waals surface area contributed by atoms with Gasteiger partial charge in [0.05, 0.1) is 6.10 Å². The van der Waals surface area contributed by atoms with Gasteiger partial charge in [0.1, 0.15) is 9.90 Å². The second-order valence-corrected chi connectivity index (χ2v) is 7.78. The number of nitrogens with one attached hydrogen (secondary N) is 1. The Balaban J connectivity index is 2.01. The number of nitrogens with zero attached hydrogens (tertiary/aromatic N) is 1. The lowest BCUT2D eigenvalue weighted by molar-refractivity contribution is 0.111. The fourth-order valence-electron chi connectivity index (χ4n) is 2.35. The van der Waals surface area contributed by atoms with Gasteiger partial charge in [0, 0.05) is 12.8 Å². The van der Waals surface area contributed by atoms with Crippen molar-refractivity contribution < 1.29 is 13.5 Å². The van der Waals surface area contributed by atoms with Crippen LogP contribution in [-0.2, 0) is 9.84 Å². The molecular formula is C11H19N3O3S2. The van der Waals surface area contributed by atoms with Crippen molar-refractivity contribution in [2.24, 2.45) is 5.92 Å². The molecule has 1 heterocycles. The molecule has 1 aliphatic carbocycles. The number of nitrogen functional groups attached to an aromatic ring is 1. The summed E-state index contributed by atoms with van der Waals surface area (Å²) in [6.45, 7) is 0.691. The highest BCUT2D eigenvalue weighted by molar-refractivity contribution is 7.91. The van der Waals surface area contributed by atoms with Crippen LogP contribution in [0.4, 0.5) is 10.8 Å². The highest BCUT2D eigenvalue weighted by atomic mass is 32.2. The van der Waals surface area contributed by atoms with Crippen LogP contribution in [-0.4, -0.2) is 36.8 Å². The number of aliphatic hydroxyl groups excluding tert-OH is 1. The number of rotatable bonds is 4. The molecule has 1 aromatic rings. The number of hydrogen-bond acceptors (Lipinski definition) is 7. The lowest BCUT2D eigenvalue weighted by Gasteiger charge is -2.25. The molecule has 8 heteroatoms. The molecule has 2 rings (SSSR count). The fraction of sp³-hybridized carbons (Fsp3) is 0.727. The molecular weight excluding hydrogens is 286 g/mol. The van der Waals surface area contributed by atoms with E-state index in [2.05, 4.69) is 9.69 Å². The van der Waals surface area contributed by atoms with Crippen molar-refractivity contribution in [2.75, 3.05) is 23.9 Å². The predicted octanol–water partition coefficient (Wildman–Crippen LogP) is 1.09. The average molecular weight is 305 g/mol. The zero-order chi connectivity index (χ0) is 14.0. The molecule has 0 atom stereocenters. The summed E-state index contributed by atoms with van der Waals surface area (Å²) >= 11 is 1.08. The van der Waals surface area contributed by atoms with Crippen molar-refractivity contribution in [3.05, 3.63) is 0 Å². The minimum atomic E-state index is -3.36. The molecule has 19 heavy (non-hydrogen) atoms. The summed E-state index contributed by atoms with van der Waals surface area (Å²) < 4.78 is 27.2. The second kappa shape index (κ2) is 5.64. The fourth-order valence-corrected chi connectivity index (χ4v) is 4.43. The van der Waals surface area contributed by atoms with Gasteiger partial charge in [0.25, 0.3) is 0 Å². The maximum Gasteiger partial charge on any atom is 0.182 e. The maximum atomic E-state index is 11.6.